The van der Waals surface area contributed by atoms with Crippen molar-refractivity contribution < 1.29 is 19.1 Å². The van der Waals surface area contributed by atoms with Gasteiger partial charge in [-0.2, -0.15) is 0 Å². The number of carbonyl (C=O) groups excluding carboxylic acids is 3. The first-order valence-corrected chi connectivity index (χ1v) is 6.96. The van der Waals surface area contributed by atoms with Crippen molar-refractivity contribution in [1.29, 1.82) is 0 Å². The zero-order chi connectivity index (χ0) is 15.8. The van der Waals surface area contributed by atoms with E-state index in [0.717, 1.165) is 5.57 Å². The summed E-state index contributed by atoms with van der Waals surface area (Å²) in [6.07, 6.45) is 0.741. The Balaban J connectivity index is 2.09. The highest BCUT2D eigenvalue weighted by molar-refractivity contribution is 6.01. The minimum Gasteiger partial charge on any atom is -0.375 e. The van der Waals surface area contributed by atoms with E-state index in [-0.39, 0.29) is 37.4 Å². The van der Waals surface area contributed by atoms with Crippen molar-refractivity contribution in [2.45, 2.75) is 19.8 Å². The molecule has 0 saturated carbocycles. The highest BCUT2D eigenvalue weighted by Crippen LogP contribution is 2.08. The van der Waals surface area contributed by atoms with E-state index in [1.807, 2.05) is 6.92 Å². The maximum atomic E-state index is 11.6. The first-order valence-electron chi connectivity index (χ1n) is 6.96. The summed E-state index contributed by atoms with van der Waals surface area (Å²) in [7, 11) is 1.58. The lowest BCUT2D eigenvalue weighted by molar-refractivity contribution is -0.126. The van der Waals surface area contributed by atoms with Crippen molar-refractivity contribution in [3.63, 3.8) is 0 Å². The number of ether oxygens (including phenoxy) is 1. The van der Waals surface area contributed by atoms with Crippen LogP contribution in [-0.2, 0) is 14.3 Å². The van der Waals surface area contributed by atoms with Crippen molar-refractivity contribution in [2.75, 3.05) is 39.9 Å². The van der Waals surface area contributed by atoms with Gasteiger partial charge in [0.15, 0.2) is 0 Å². The number of rotatable bonds is 9. The SMILES string of the molecule is C=C(C)COCCNC(=O)CCCN1C(=O)CN(C)C1=O. The molecule has 1 saturated heterocycles. The van der Waals surface area contributed by atoms with Crippen LogP contribution < -0.4 is 5.32 Å². The molecule has 1 rings (SSSR count). The van der Waals surface area contributed by atoms with Crippen molar-refractivity contribution in [2.24, 2.45) is 0 Å². The van der Waals surface area contributed by atoms with Crippen LogP contribution in [0.4, 0.5) is 4.79 Å². The molecule has 0 aromatic heterocycles. The molecule has 1 N–H and O–H groups in total. The van der Waals surface area contributed by atoms with Gasteiger partial charge in [0.25, 0.3) is 0 Å². The fourth-order valence-electron chi connectivity index (χ4n) is 1.88. The lowest BCUT2D eigenvalue weighted by atomic mass is 10.3. The molecule has 1 aliphatic rings. The molecule has 7 nitrogen and oxygen atoms in total. The average Bonchev–Trinajstić information content (AvgIpc) is 2.64. The second-order valence-electron chi connectivity index (χ2n) is 5.15. The van der Waals surface area contributed by atoms with E-state index in [0.29, 0.717) is 26.2 Å². The number of imide groups is 1. The number of nitrogens with one attached hydrogen (secondary N) is 1. The molecule has 0 atom stereocenters. The quantitative estimate of drug-likeness (QED) is 0.379. The van der Waals surface area contributed by atoms with Gasteiger partial charge in [-0.3, -0.25) is 14.5 Å². The van der Waals surface area contributed by atoms with E-state index in [1.165, 1.54) is 9.80 Å². The topological polar surface area (TPSA) is 79.0 Å². The molecular formula is C14H23N3O4. The Kier molecular flexibility index (Phi) is 6.87. The largest absolute Gasteiger partial charge is 0.375 e. The van der Waals surface area contributed by atoms with E-state index in [4.69, 9.17) is 4.74 Å². The van der Waals surface area contributed by atoms with Crippen LogP contribution in [0, 0.1) is 0 Å². The van der Waals surface area contributed by atoms with Crippen LogP contribution in [-0.4, -0.2) is 67.5 Å². The van der Waals surface area contributed by atoms with Gasteiger partial charge in [-0.05, 0) is 13.3 Å². The average molecular weight is 297 g/mol. The molecule has 4 amide bonds. The molecule has 0 aromatic carbocycles. The van der Waals surface area contributed by atoms with Gasteiger partial charge in [-0.15, -0.1) is 0 Å². The Morgan fingerprint density at radius 2 is 2.14 bits per heavy atom. The molecule has 0 aromatic rings. The van der Waals surface area contributed by atoms with Gasteiger partial charge in [0.05, 0.1) is 13.2 Å². The summed E-state index contributed by atoms with van der Waals surface area (Å²) in [4.78, 5) is 37.2. The standard InChI is InChI=1S/C14H23N3O4/c1-11(2)10-21-8-6-15-12(18)5-4-7-17-13(19)9-16(3)14(17)20/h1,4-10H2,2-3H3,(H,15,18). The molecule has 0 unspecified atom stereocenters. The predicted molar refractivity (Wildman–Crippen MR) is 77.6 cm³/mol. The van der Waals surface area contributed by atoms with Gasteiger partial charge in [0.2, 0.25) is 11.8 Å². The predicted octanol–water partition coefficient (Wildman–Crippen LogP) is 0.370. The third-order valence-electron chi connectivity index (χ3n) is 2.93. The number of hydrogen-bond acceptors (Lipinski definition) is 4. The van der Waals surface area contributed by atoms with Crippen LogP contribution in [0.15, 0.2) is 12.2 Å². The normalized spacial score (nSPS) is 14.8. The van der Waals surface area contributed by atoms with Crippen LogP contribution in [0.5, 0.6) is 0 Å². The van der Waals surface area contributed by atoms with Crippen molar-refractivity contribution in [3.8, 4) is 0 Å². The van der Waals surface area contributed by atoms with Crippen molar-refractivity contribution >= 4 is 17.8 Å². The van der Waals surface area contributed by atoms with Gasteiger partial charge in [-0.25, -0.2) is 4.79 Å². The van der Waals surface area contributed by atoms with Gasteiger partial charge >= 0.3 is 6.03 Å². The summed E-state index contributed by atoms with van der Waals surface area (Å²) >= 11 is 0. The number of amides is 4. The van der Waals surface area contributed by atoms with E-state index in [2.05, 4.69) is 11.9 Å². The highest BCUT2D eigenvalue weighted by atomic mass is 16.5. The molecule has 21 heavy (non-hydrogen) atoms. The minimum atomic E-state index is -0.298. The Labute approximate surface area is 124 Å². The molecular weight excluding hydrogens is 274 g/mol. The lowest BCUT2D eigenvalue weighted by Gasteiger charge is -2.13. The second kappa shape index (κ2) is 8.41. The summed E-state index contributed by atoms with van der Waals surface area (Å²) in [5.74, 6) is -0.322. The summed E-state index contributed by atoms with van der Waals surface area (Å²) in [6, 6.07) is -0.298. The number of urea groups is 1. The van der Waals surface area contributed by atoms with Gasteiger partial charge in [0, 0.05) is 26.6 Å². The maximum Gasteiger partial charge on any atom is 0.326 e. The van der Waals surface area contributed by atoms with Crippen LogP contribution >= 0.6 is 0 Å². The molecule has 1 aliphatic heterocycles. The van der Waals surface area contributed by atoms with Gasteiger partial charge in [0.1, 0.15) is 6.54 Å². The first-order chi connectivity index (χ1) is 9.91. The molecule has 0 aliphatic carbocycles. The molecule has 7 heteroatoms. The van der Waals surface area contributed by atoms with Crippen molar-refractivity contribution in [3.05, 3.63) is 12.2 Å². The summed E-state index contributed by atoms with van der Waals surface area (Å²) in [5.41, 5.74) is 0.936. The summed E-state index contributed by atoms with van der Waals surface area (Å²) in [5, 5.41) is 2.72. The molecule has 0 radical (unpaired) electrons. The van der Waals surface area contributed by atoms with Gasteiger partial charge in [-0.1, -0.05) is 12.2 Å². The van der Waals surface area contributed by atoms with Crippen LogP contribution in [0.3, 0.4) is 0 Å². The van der Waals surface area contributed by atoms with Crippen LogP contribution in [0.1, 0.15) is 19.8 Å². The highest BCUT2D eigenvalue weighted by Gasteiger charge is 2.32. The fourth-order valence-corrected chi connectivity index (χ4v) is 1.88. The molecule has 0 bridgehead atoms. The van der Waals surface area contributed by atoms with Crippen molar-refractivity contribution in [1.82, 2.24) is 15.1 Å². The minimum absolute atomic E-state index is 0.110. The monoisotopic (exact) mass is 297 g/mol. The maximum absolute atomic E-state index is 11.6. The lowest BCUT2D eigenvalue weighted by Crippen LogP contribution is -2.33. The van der Waals surface area contributed by atoms with E-state index >= 15 is 0 Å². The Bertz CT molecular complexity index is 422. The number of likely N-dealkylation sites (N-methyl/N-ethyl adjacent to an activating group) is 1. The van der Waals surface area contributed by atoms with E-state index in [9.17, 15) is 14.4 Å². The molecule has 1 fully saturated rings. The smallest absolute Gasteiger partial charge is 0.326 e. The fraction of sp³-hybridized carbons (Fsp3) is 0.643. The third kappa shape index (κ3) is 5.95. The number of carbonyl (C=O) groups is 3. The molecule has 118 valence electrons. The molecule has 1 heterocycles. The Hall–Kier alpha value is -1.89. The third-order valence-corrected chi connectivity index (χ3v) is 2.93. The zero-order valence-electron chi connectivity index (χ0n) is 12.7. The second-order valence-corrected chi connectivity index (χ2v) is 5.15. The van der Waals surface area contributed by atoms with E-state index < -0.39 is 0 Å². The van der Waals surface area contributed by atoms with E-state index in [1.54, 1.807) is 7.05 Å². The number of hydrogen-bond donors (Lipinski definition) is 1. The summed E-state index contributed by atoms with van der Waals surface area (Å²) in [6.45, 7) is 7.34. The molecule has 0 spiro atoms. The zero-order valence-corrected chi connectivity index (χ0v) is 12.7. The summed E-state index contributed by atoms with van der Waals surface area (Å²) < 4.78 is 5.25. The van der Waals surface area contributed by atoms with Crippen LogP contribution in [0.2, 0.25) is 0 Å². The Morgan fingerprint density at radius 1 is 1.43 bits per heavy atom. The Morgan fingerprint density at radius 3 is 2.71 bits per heavy atom. The van der Waals surface area contributed by atoms with Gasteiger partial charge < -0.3 is 15.0 Å². The first kappa shape index (κ1) is 17.2. The van der Waals surface area contributed by atoms with Crippen LogP contribution in [0.25, 0.3) is 0 Å². The number of nitrogens with zero attached hydrogens (tertiary/aromatic N) is 2.